The minimum absolute atomic E-state index is 0.303. The van der Waals surface area contributed by atoms with Crippen LogP contribution in [-0.4, -0.2) is 23.6 Å². The summed E-state index contributed by atoms with van der Waals surface area (Å²) in [4.78, 5) is 3.86. The van der Waals surface area contributed by atoms with E-state index in [4.69, 9.17) is 0 Å². The van der Waals surface area contributed by atoms with Gasteiger partial charge in [0.05, 0.1) is 5.56 Å². The third-order valence-electron chi connectivity index (χ3n) is 4.91. The number of pyridine rings is 1. The van der Waals surface area contributed by atoms with Gasteiger partial charge < -0.3 is 10.6 Å². The first kappa shape index (κ1) is 11.5. The van der Waals surface area contributed by atoms with E-state index in [0.717, 1.165) is 31.1 Å². The molecule has 2 aliphatic carbocycles. The molecule has 6 heteroatoms. The molecular formula is C13H14F3N3. The van der Waals surface area contributed by atoms with E-state index in [1.807, 2.05) is 0 Å². The number of aromatic nitrogens is 1. The van der Waals surface area contributed by atoms with Crippen molar-refractivity contribution in [2.45, 2.75) is 31.1 Å². The fourth-order valence-electron chi connectivity index (χ4n) is 3.79. The molecule has 1 saturated heterocycles. The van der Waals surface area contributed by atoms with Crippen molar-refractivity contribution < 1.29 is 13.2 Å². The highest BCUT2D eigenvalue weighted by Crippen LogP contribution is 2.68. The molecule has 102 valence electrons. The zero-order valence-electron chi connectivity index (χ0n) is 10.2. The van der Waals surface area contributed by atoms with Gasteiger partial charge in [-0.15, -0.1) is 0 Å². The van der Waals surface area contributed by atoms with E-state index in [0.29, 0.717) is 23.3 Å². The van der Waals surface area contributed by atoms with Gasteiger partial charge in [-0.2, -0.15) is 13.2 Å². The molecule has 2 saturated carbocycles. The Bertz CT molecular complexity index is 511. The molecule has 19 heavy (non-hydrogen) atoms. The average molecular weight is 269 g/mol. The fourth-order valence-corrected chi connectivity index (χ4v) is 3.79. The molecule has 2 N–H and O–H groups in total. The maximum atomic E-state index is 12.4. The van der Waals surface area contributed by atoms with Gasteiger partial charge in [-0.05, 0) is 42.9 Å². The molecule has 1 aromatic heterocycles. The molecule has 3 nitrogen and oxygen atoms in total. The number of rotatable bonds is 2. The van der Waals surface area contributed by atoms with Crippen molar-refractivity contribution in [2.75, 3.05) is 11.9 Å². The van der Waals surface area contributed by atoms with Crippen LogP contribution in [0.25, 0.3) is 0 Å². The summed E-state index contributed by atoms with van der Waals surface area (Å²) in [6, 6.07) is 3.26. The third-order valence-corrected chi connectivity index (χ3v) is 4.91. The van der Waals surface area contributed by atoms with Crippen molar-refractivity contribution in [2.24, 2.45) is 11.3 Å². The summed E-state index contributed by atoms with van der Waals surface area (Å²) in [6.07, 6.45) is -1.01. The Morgan fingerprint density at radius 2 is 2.16 bits per heavy atom. The van der Waals surface area contributed by atoms with Crippen LogP contribution in [0.2, 0.25) is 0 Å². The van der Waals surface area contributed by atoms with Crippen LogP contribution in [-0.2, 0) is 6.18 Å². The molecule has 4 rings (SSSR count). The number of anilines is 1. The fraction of sp³-hybridized carbons (Fsp3) is 0.615. The van der Waals surface area contributed by atoms with E-state index in [-0.39, 0.29) is 0 Å². The second-order valence-electron chi connectivity index (χ2n) is 5.90. The Kier molecular flexibility index (Phi) is 2.07. The lowest BCUT2D eigenvalue weighted by Gasteiger charge is -2.44. The van der Waals surface area contributed by atoms with Crippen molar-refractivity contribution in [3.05, 3.63) is 23.9 Å². The first-order valence-corrected chi connectivity index (χ1v) is 6.52. The molecule has 0 aromatic carbocycles. The summed E-state index contributed by atoms with van der Waals surface area (Å²) in [5, 5.41) is 6.72. The molecule has 4 atom stereocenters. The summed E-state index contributed by atoms with van der Waals surface area (Å²) in [7, 11) is 0. The molecular weight excluding hydrogens is 255 g/mol. The molecule has 0 amide bonds. The number of halogens is 3. The van der Waals surface area contributed by atoms with Crippen molar-refractivity contribution in [3.8, 4) is 0 Å². The average Bonchev–Trinajstić information content (AvgIpc) is 2.98. The Hall–Kier alpha value is -1.30. The highest BCUT2D eigenvalue weighted by molar-refractivity contribution is 5.42. The van der Waals surface area contributed by atoms with Crippen LogP contribution >= 0.6 is 0 Å². The molecule has 1 aliphatic heterocycles. The second kappa shape index (κ2) is 3.42. The molecule has 0 radical (unpaired) electrons. The van der Waals surface area contributed by atoms with Gasteiger partial charge in [-0.1, -0.05) is 0 Å². The van der Waals surface area contributed by atoms with Crippen LogP contribution in [0.15, 0.2) is 18.3 Å². The maximum absolute atomic E-state index is 12.4. The lowest BCUT2D eigenvalue weighted by molar-refractivity contribution is -0.137. The Morgan fingerprint density at radius 1 is 1.32 bits per heavy atom. The highest BCUT2D eigenvalue weighted by Gasteiger charge is 2.71. The van der Waals surface area contributed by atoms with Crippen molar-refractivity contribution >= 4 is 5.82 Å². The molecule has 1 spiro atoms. The second-order valence-corrected chi connectivity index (χ2v) is 5.90. The van der Waals surface area contributed by atoms with Gasteiger partial charge in [0.2, 0.25) is 0 Å². The maximum Gasteiger partial charge on any atom is 0.417 e. The lowest BCUT2D eigenvalue weighted by atomic mass is 9.72. The van der Waals surface area contributed by atoms with Gasteiger partial charge in [0, 0.05) is 18.3 Å². The summed E-state index contributed by atoms with van der Waals surface area (Å²) in [6.45, 7) is 1.09. The van der Waals surface area contributed by atoms with Gasteiger partial charge in [-0.25, -0.2) is 4.98 Å². The van der Waals surface area contributed by atoms with Gasteiger partial charge in [0.25, 0.3) is 0 Å². The van der Waals surface area contributed by atoms with Crippen molar-refractivity contribution in [1.82, 2.24) is 10.3 Å². The predicted octanol–water partition coefficient (Wildman–Crippen LogP) is 2.26. The van der Waals surface area contributed by atoms with Crippen molar-refractivity contribution in [3.63, 3.8) is 0 Å². The van der Waals surface area contributed by atoms with Gasteiger partial charge in [-0.3, -0.25) is 0 Å². The van der Waals surface area contributed by atoms with Crippen LogP contribution in [0.4, 0.5) is 19.0 Å². The normalized spacial score (nSPS) is 39.2. The van der Waals surface area contributed by atoms with E-state index >= 15 is 0 Å². The topological polar surface area (TPSA) is 37.0 Å². The van der Waals surface area contributed by atoms with Crippen LogP contribution in [0.1, 0.15) is 18.4 Å². The van der Waals surface area contributed by atoms with Crippen molar-refractivity contribution in [1.29, 1.82) is 0 Å². The summed E-state index contributed by atoms with van der Waals surface area (Å²) < 4.78 is 37.3. The Morgan fingerprint density at radius 3 is 2.74 bits per heavy atom. The largest absolute Gasteiger partial charge is 0.417 e. The number of piperidine rings is 1. The van der Waals surface area contributed by atoms with Crippen LogP contribution in [0.5, 0.6) is 0 Å². The summed E-state index contributed by atoms with van der Waals surface area (Å²) >= 11 is 0. The van der Waals surface area contributed by atoms with E-state index in [2.05, 4.69) is 15.6 Å². The monoisotopic (exact) mass is 269 g/mol. The van der Waals surface area contributed by atoms with Crippen LogP contribution in [0.3, 0.4) is 0 Å². The smallest absolute Gasteiger partial charge is 0.366 e. The van der Waals surface area contributed by atoms with Gasteiger partial charge in [0.15, 0.2) is 0 Å². The SMILES string of the molecule is FC(F)(F)c1ccc(NC2CC34CC3CNC24)nc1. The third kappa shape index (κ3) is 1.59. The molecule has 3 aliphatic rings. The van der Waals surface area contributed by atoms with Crippen LogP contribution < -0.4 is 10.6 Å². The minimum atomic E-state index is -4.32. The lowest BCUT2D eigenvalue weighted by Crippen LogP contribution is -2.57. The quantitative estimate of drug-likeness (QED) is 0.864. The summed E-state index contributed by atoms with van der Waals surface area (Å²) in [5.41, 5.74) is -0.201. The molecule has 4 unspecified atom stereocenters. The standard InChI is InChI=1S/C13H14F3N3/c14-13(15,16)7-1-2-10(17-5-7)19-9-4-12-3-8(12)6-18-11(9)12/h1-2,5,8-9,11,18H,3-4,6H2,(H,17,19). The Labute approximate surface area is 108 Å². The molecule has 2 heterocycles. The zero-order chi connectivity index (χ0) is 13.3. The van der Waals surface area contributed by atoms with Crippen LogP contribution in [0, 0.1) is 11.3 Å². The predicted molar refractivity (Wildman–Crippen MR) is 63.6 cm³/mol. The molecule has 3 fully saturated rings. The molecule has 0 bridgehead atoms. The van der Waals surface area contributed by atoms with E-state index < -0.39 is 11.7 Å². The highest BCUT2D eigenvalue weighted by atomic mass is 19.4. The van der Waals surface area contributed by atoms with Gasteiger partial charge in [0.1, 0.15) is 5.82 Å². The minimum Gasteiger partial charge on any atom is -0.366 e. The molecule has 1 aromatic rings. The van der Waals surface area contributed by atoms with E-state index in [9.17, 15) is 13.2 Å². The number of hydrogen-bond acceptors (Lipinski definition) is 3. The number of alkyl halides is 3. The number of nitrogens with one attached hydrogen (secondary N) is 2. The Balaban J connectivity index is 1.44. The summed E-state index contributed by atoms with van der Waals surface area (Å²) in [5.74, 6) is 1.36. The first-order chi connectivity index (χ1) is 8.99. The van der Waals surface area contributed by atoms with E-state index in [1.54, 1.807) is 0 Å². The van der Waals surface area contributed by atoms with Gasteiger partial charge >= 0.3 is 6.18 Å². The zero-order valence-corrected chi connectivity index (χ0v) is 10.2. The number of hydrogen-bond donors (Lipinski definition) is 2. The number of nitrogens with zero attached hydrogens (tertiary/aromatic N) is 1. The first-order valence-electron chi connectivity index (χ1n) is 6.52. The van der Waals surface area contributed by atoms with E-state index in [1.165, 1.54) is 12.5 Å².